The summed E-state index contributed by atoms with van der Waals surface area (Å²) in [6.45, 7) is 8.12. The molecule has 0 aromatic heterocycles. The van der Waals surface area contributed by atoms with Gasteiger partial charge in [-0.25, -0.2) is 0 Å². The van der Waals surface area contributed by atoms with E-state index >= 15 is 0 Å². The van der Waals surface area contributed by atoms with Crippen molar-refractivity contribution in [1.82, 2.24) is 10.2 Å². The highest BCUT2D eigenvalue weighted by Gasteiger charge is 2.34. The van der Waals surface area contributed by atoms with Gasteiger partial charge in [-0.2, -0.15) is 0 Å². The maximum atomic E-state index is 12.1. The van der Waals surface area contributed by atoms with Gasteiger partial charge in [-0.15, -0.1) is 6.58 Å². The Morgan fingerprint density at radius 3 is 2.93 bits per heavy atom. The maximum absolute atomic E-state index is 12.1. The van der Waals surface area contributed by atoms with Crippen molar-refractivity contribution in [3.8, 4) is 0 Å². The van der Waals surface area contributed by atoms with E-state index in [1.54, 1.807) is 11.0 Å². The van der Waals surface area contributed by atoms with Gasteiger partial charge < -0.3 is 15.0 Å². The van der Waals surface area contributed by atoms with E-state index in [0.29, 0.717) is 19.8 Å². The minimum absolute atomic E-state index is 0.0464. The second-order valence-electron chi connectivity index (χ2n) is 3.70. The molecule has 0 spiro atoms. The van der Waals surface area contributed by atoms with Gasteiger partial charge in [0, 0.05) is 19.1 Å². The van der Waals surface area contributed by atoms with Crippen LogP contribution in [0.1, 0.15) is 6.92 Å². The lowest BCUT2D eigenvalue weighted by Crippen LogP contribution is -2.44. The van der Waals surface area contributed by atoms with Crippen LogP contribution in [0.2, 0.25) is 0 Å². The van der Waals surface area contributed by atoms with E-state index in [9.17, 15) is 4.79 Å². The first kappa shape index (κ1) is 12.2. The first-order chi connectivity index (χ1) is 7.24. The summed E-state index contributed by atoms with van der Waals surface area (Å²) in [5, 5.41) is 3.12. The van der Waals surface area contributed by atoms with Crippen molar-refractivity contribution in [2.24, 2.45) is 5.92 Å². The smallest absolute Gasteiger partial charge is 0.229 e. The molecule has 0 aromatic rings. The van der Waals surface area contributed by atoms with Crippen LogP contribution in [-0.4, -0.2) is 50.2 Å². The van der Waals surface area contributed by atoms with Crippen LogP contribution >= 0.6 is 0 Å². The van der Waals surface area contributed by atoms with Crippen LogP contribution in [0.3, 0.4) is 0 Å². The van der Waals surface area contributed by atoms with Crippen molar-refractivity contribution in [2.75, 3.05) is 33.4 Å². The van der Waals surface area contributed by atoms with Crippen LogP contribution in [0.15, 0.2) is 12.7 Å². The molecule has 4 nitrogen and oxygen atoms in total. The Kier molecular flexibility index (Phi) is 4.78. The van der Waals surface area contributed by atoms with Crippen molar-refractivity contribution >= 4 is 5.91 Å². The summed E-state index contributed by atoms with van der Waals surface area (Å²) in [5.41, 5.74) is 0. The molecule has 0 aliphatic carbocycles. The number of nitrogens with one attached hydrogen (secondary N) is 1. The normalized spacial score (nSPS) is 25.2. The zero-order valence-corrected chi connectivity index (χ0v) is 9.53. The van der Waals surface area contributed by atoms with Crippen LogP contribution in [0.4, 0.5) is 0 Å². The van der Waals surface area contributed by atoms with Crippen LogP contribution in [0, 0.1) is 5.92 Å². The van der Waals surface area contributed by atoms with Gasteiger partial charge >= 0.3 is 0 Å². The highest BCUT2D eigenvalue weighted by molar-refractivity contribution is 5.80. The molecular weight excluding hydrogens is 192 g/mol. The predicted octanol–water partition coefficient (Wildman–Crippen LogP) is 0.255. The van der Waals surface area contributed by atoms with Crippen LogP contribution < -0.4 is 5.32 Å². The van der Waals surface area contributed by atoms with Crippen molar-refractivity contribution in [3.63, 3.8) is 0 Å². The molecule has 0 saturated carbocycles. The van der Waals surface area contributed by atoms with Crippen molar-refractivity contribution in [3.05, 3.63) is 12.7 Å². The molecule has 15 heavy (non-hydrogen) atoms. The Morgan fingerprint density at radius 2 is 2.40 bits per heavy atom. The van der Waals surface area contributed by atoms with E-state index in [0.717, 1.165) is 6.54 Å². The third kappa shape index (κ3) is 2.79. The van der Waals surface area contributed by atoms with Gasteiger partial charge in [0.05, 0.1) is 19.1 Å². The van der Waals surface area contributed by atoms with E-state index in [1.807, 2.05) is 14.0 Å². The monoisotopic (exact) mass is 212 g/mol. The molecule has 1 fully saturated rings. The Labute approximate surface area is 91.3 Å². The topological polar surface area (TPSA) is 41.6 Å². The molecule has 86 valence electrons. The average Bonchev–Trinajstić information content (AvgIpc) is 2.72. The van der Waals surface area contributed by atoms with Crippen molar-refractivity contribution in [1.29, 1.82) is 0 Å². The molecule has 1 N–H and O–H groups in total. The standard InChI is InChI=1S/C11H20N2O2/c1-4-6-13(5-2)11(14)9-7-15-8-10(9)12-3/h4,9-10,12H,1,5-8H2,2-3H3. The molecule has 0 bridgehead atoms. The van der Waals surface area contributed by atoms with Gasteiger partial charge in [0.15, 0.2) is 0 Å². The van der Waals surface area contributed by atoms with Crippen LogP contribution in [-0.2, 0) is 9.53 Å². The molecule has 1 aliphatic heterocycles. The van der Waals surface area contributed by atoms with Gasteiger partial charge in [-0.1, -0.05) is 6.08 Å². The molecule has 4 heteroatoms. The lowest BCUT2D eigenvalue weighted by atomic mass is 10.0. The molecule has 1 aliphatic rings. The molecule has 1 amide bonds. The minimum Gasteiger partial charge on any atom is -0.379 e. The summed E-state index contributed by atoms with van der Waals surface area (Å²) in [6.07, 6.45) is 1.76. The van der Waals surface area contributed by atoms with Crippen LogP contribution in [0.5, 0.6) is 0 Å². The zero-order chi connectivity index (χ0) is 11.3. The fourth-order valence-electron chi connectivity index (χ4n) is 1.85. The highest BCUT2D eigenvalue weighted by atomic mass is 16.5. The van der Waals surface area contributed by atoms with Gasteiger partial charge in [0.2, 0.25) is 5.91 Å². The number of hydrogen-bond donors (Lipinski definition) is 1. The lowest BCUT2D eigenvalue weighted by molar-refractivity contribution is -0.135. The van der Waals surface area contributed by atoms with Gasteiger partial charge in [-0.3, -0.25) is 4.79 Å². The molecule has 1 rings (SSSR count). The Hall–Kier alpha value is -0.870. The second-order valence-corrected chi connectivity index (χ2v) is 3.70. The number of carbonyl (C=O) groups excluding carboxylic acids is 1. The van der Waals surface area contributed by atoms with Gasteiger partial charge in [-0.05, 0) is 14.0 Å². The Bertz CT molecular complexity index is 231. The van der Waals surface area contributed by atoms with E-state index < -0.39 is 0 Å². The number of hydrogen-bond acceptors (Lipinski definition) is 3. The zero-order valence-electron chi connectivity index (χ0n) is 9.53. The summed E-state index contributed by atoms with van der Waals surface area (Å²) in [5.74, 6) is 0.115. The van der Waals surface area contributed by atoms with Crippen LogP contribution in [0.25, 0.3) is 0 Å². The predicted molar refractivity (Wildman–Crippen MR) is 59.6 cm³/mol. The largest absolute Gasteiger partial charge is 0.379 e. The summed E-state index contributed by atoms with van der Waals surface area (Å²) < 4.78 is 5.32. The van der Waals surface area contributed by atoms with E-state index in [-0.39, 0.29) is 17.9 Å². The third-order valence-electron chi connectivity index (χ3n) is 2.81. The van der Waals surface area contributed by atoms with Crippen molar-refractivity contribution in [2.45, 2.75) is 13.0 Å². The number of nitrogens with zero attached hydrogens (tertiary/aromatic N) is 1. The number of ether oxygens (including phenoxy) is 1. The van der Waals surface area contributed by atoms with E-state index in [4.69, 9.17) is 4.74 Å². The van der Waals surface area contributed by atoms with Crippen molar-refractivity contribution < 1.29 is 9.53 Å². The molecule has 1 saturated heterocycles. The molecule has 2 unspecified atom stereocenters. The first-order valence-electron chi connectivity index (χ1n) is 5.39. The molecule has 2 atom stereocenters. The molecular formula is C11H20N2O2. The first-order valence-corrected chi connectivity index (χ1v) is 5.39. The Balaban J connectivity index is 2.60. The SMILES string of the molecule is C=CCN(CC)C(=O)C1COCC1NC. The lowest BCUT2D eigenvalue weighted by Gasteiger charge is -2.25. The minimum atomic E-state index is -0.0464. The number of likely N-dealkylation sites (N-methyl/N-ethyl adjacent to an activating group) is 2. The summed E-state index contributed by atoms with van der Waals surface area (Å²) in [7, 11) is 1.86. The Morgan fingerprint density at radius 1 is 1.67 bits per heavy atom. The fraction of sp³-hybridized carbons (Fsp3) is 0.727. The summed E-state index contributed by atoms with van der Waals surface area (Å²) >= 11 is 0. The number of rotatable bonds is 5. The molecule has 0 aromatic carbocycles. The van der Waals surface area contributed by atoms with E-state index in [2.05, 4.69) is 11.9 Å². The summed E-state index contributed by atoms with van der Waals surface area (Å²) in [6, 6.07) is 0.149. The number of amides is 1. The third-order valence-corrected chi connectivity index (χ3v) is 2.81. The van der Waals surface area contributed by atoms with Gasteiger partial charge in [0.25, 0.3) is 0 Å². The molecule has 1 heterocycles. The summed E-state index contributed by atoms with van der Waals surface area (Å²) in [4.78, 5) is 13.9. The van der Waals surface area contributed by atoms with E-state index in [1.165, 1.54) is 0 Å². The molecule has 0 radical (unpaired) electrons. The maximum Gasteiger partial charge on any atom is 0.229 e. The average molecular weight is 212 g/mol. The van der Waals surface area contributed by atoms with Gasteiger partial charge in [0.1, 0.15) is 0 Å². The highest BCUT2D eigenvalue weighted by Crippen LogP contribution is 2.16. The fourth-order valence-corrected chi connectivity index (χ4v) is 1.85. The quantitative estimate of drug-likeness (QED) is 0.664. The second kappa shape index (κ2) is 5.88. The number of carbonyl (C=O) groups is 1.